The van der Waals surface area contributed by atoms with Crippen LogP contribution in [0.25, 0.3) is 33.6 Å². The van der Waals surface area contributed by atoms with Gasteiger partial charge in [-0.15, -0.1) is 0 Å². The zero-order chi connectivity index (χ0) is 31.6. The third-order valence-electron chi connectivity index (χ3n) is 8.09. The number of nitrogens with zero attached hydrogens (tertiary/aromatic N) is 4. The molecule has 232 valence electrons. The van der Waals surface area contributed by atoms with E-state index in [2.05, 4.69) is 21.6 Å². The van der Waals surface area contributed by atoms with Gasteiger partial charge in [0, 0.05) is 17.9 Å². The van der Waals surface area contributed by atoms with Crippen molar-refractivity contribution in [1.82, 2.24) is 19.7 Å². The van der Waals surface area contributed by atoms with Crippen molar-refractivity contribution in [3.8, 4) is 45.5 Å². The van der Waals surface area contributed by atoms with Gasteiger partial charge < -0.3 is 19.5 Å². The van der Waals surface area contributed by atoms with E-state index in [-0.39, 0.29) is 18.0 Å². The summed E-state index contributed by atoms with van der Waals surface area (Å²) in [6, 6.07) is 23.1. The molecular weight excluding hydrogens is 568 g/mol. The number of unbranched alkanes of at least 4 members (excludes halogenated alkanes) is 1. The Labute approximate surface area is 262 Å². The van der Waals surface area contributed by atoms with E-state index in [4.69, 9.17) is 9.72 Å². The van der Waals surface area contributed by atoms with Crippen molar-refractivity contribution in [2.24, 2.45) is 0 Å². The zero-order valence-electron chi connectivity index (χ0n) is 25.8. The average molecular weight is 606 g/mol. The summed E-state index contributed by atoms with van der Waals surface area (Å²) in [4.78, 5) is 23.4. The third kappa shape index (κ3) is 6.68. The summed E-state index contributed by atoms with van der Waals surface area (Å²) in [5.41, 5.74) is 5.08. The molecule has 9 nitrogen and oxygen atoms in total. The Kier molecular flexibility index (Phi) is 8.54. The molecule has 3 aromatic carbocycles. The molecule has 2 aromatic heterocycles. The van der Waals surface area contributed by atoms with Gasteiger partial charge in [0.05, 0.1) is 24.4 Å². The lowest BCUT2D eigenvalue weighted by Crippen LogP contribution is -2.32. The monoisotopic (exact) mass is 605 g/mol. The predicted octanol–water partition coefficient (Wildman–Crippen LogP) is 6.12. The largest absolute Gasteiger partial charge is 0.528 e. The van der Waals surface area contributed by atoms with Gasteiger partial charge in [-0.25, -0.2) is 9.97 Å². The van der Waals surface area contributed by atoms with Gasteiger partial charge in [0.2, 0.25) is 0 Å². The normalized spacial score (nSPS) is 13.2. The average Bonchev–Trinajstić information content (AvgIpc) is 3.81. The first-order valence-corrected chi connectivity index (χ1v) is 15.5. The predicted molar refractivity (Wildman–Crippen MR) is 170 cm³/mol. The van der Waals surface area contributed by atoms with Crippen LogP contribution in [-0.4, -0.2) is 37.0 Å². The Balaban J connectivity index is 1.35. The zero-order valence-corrected chi connectivity index (χ0v) is 25.8. The minimum absolute atomic E-state index is 0.0395. The number of aryl methyl sites for hydroxylation is 1. The van der Waals surface area contributed by atoms with Gasteiger partial charge in [0.15, 0.2) is 11.9 Å². The maximum absolute atomic E-state index is 14.4. The number of hydrogen-bond donors (Lipinski definition) is 1. The van der Waals surface area contributed by atoms with E-state index in [9.17, 15) is 15.0 Å². The Bertz CT molecular complexity index is 1840. The van der Waals surface area contributed by atoms with Crippen LogP contribution in [0.3, 0.4) is 0 Å². The van der Waals surface area contributed by atoms with Gasteiger partial charge in [0.1, 0.15) is 17.2 Å². The summed E-state index contributed by atoms with van der Waals surface area (Å²) in [6.07, 6.45) is 4.02. The second-order valence-corrected chi connectivity index (χ2v) is 12.2. The Morgan fingerprint density at radius 3 is 2.29 bits per heavy atom. The summed E-state index contributed by atoms with van der Waals surface area (Å²) in [6.45, 7) is 6.08. The number of benzene rings is 3. The number of hydrogen-bond acceptors (Lipinski definition) is 8. The molecule has 0 amide bonds. The highest BCUT2D eigenvalue weighted by Crippen LogP contribution is 2.43. The molecule has 1 aliphatic carbocycles. The minimum atomic E-state index is -0.727. The van der Waals surface area contributed by atoms with Crippen LogP contribution in [0.5, 0.6) is 11.8 Å². The Hall–Kier alpha value is -4.76. The smallest absolute Gasteiger partial charge is 0.261 e. The van der Waals surface area contributed by atoms with Crippen LogP contribution in [-0.2, 0) is 13.0 Å². The molecule has 0 radical (unpaired) electrons. The van der Waals surface area contributed by atoms with Crippen LogP contribution < -0.4 is 15.4 Å². The van der Waals surface area contributed by atoms with Crippen LogP contribution in [0, 0.1) is 0 Å². The van der Waals surface area contributed by atoms with Crippen LogP contribution in [0.15, 0.2) is 82.1 Å². The lowest BCUT2D eigenvalue weighted by molar-refractivity contribution is -0.303. The lowest BCUT2D eigenvalue weighted by Gasteiger charge is -2.24. The lowest BCUT2D eigenvalue weighted by atomic mass is 9.98. The Morgan fingerprint density at radius 2 is 1.67 bits per heavy atom. The van der Waals surface area contributed by atoms with Crippen molar-refractivity contribution in [3.05, 3.63) is 100 Å². The Morgan fingerprint density at radius 1 is 0.978 bits per heavy atom. The topological polar surface area (TPSA) is 126 Å². The molecule has 0 saturated heterocycles. The van der Waals surface area contributed by atoms with Crippen LogP contribution in [0.2, 0.25) is 0 Å². The number of ether oxygens (including phenoxy) is 1. The summed E-state index contributed by atoms with van der Waals surface area (Å²) in [5.74, 6) is 1.99. The summed E-state index contributed by atoms with van der Waals surface area (Å²) >= 11 is 0. The minimum Gasteiger partial charge on any atom is -0.528 e. The van der Waals surface area contributed by atoms with Crippen molar-refractivity contribution in [2.45, 2.75) is 70.9 Å². The fourth-order valence-corrected chi connectivity index (χ4v) is 5.49. The van der Waals surface area contributed by atoms with Crippen molar-refractivity contribution in [2.75, 3.05) is 6.61 Å². The van der Waals surface area contributed by atoms with E-state index in [1.165, 1.54) is 0 Å². The summed E-state index contributed by atoms with van der Waals surface area (Å²) in [5, 5.41) is 24.9. The molecular formula is C36H37N4O5-. The van der Waals surface area contributed by atoms with Gasteiger partial charge in [0.25, 0.3) is 5.56 Å². The standard InChI is InChI=1S/C36H38N4O5/c1-4-5-10-30-37-32(26-15-16-26)31(25-17-19-27(20-18-25)44-36(2,3)22-41)34(42)40(30)21-23-11-13-24(14-12-23)28-8-6-7-9-29(28)33-38-35(43)45-39-33/h6-9,11-14,17-20,26,41H,4-5,10,15-16,21-22H2,1-3H3,(H,38,39,43)/p-1. The van der Waals surface area contributed by atoms with E-state index in [1.807, 2.05) is 91.2 Å². The maximum atomic E-state index is 14.4. The number of aliphatic hydroxyl groups excluding tert-OH is 1. The van der Waals surface area contributed by atoms with Gasteiger partial charge in [-0.1, -0.05) is 74.0 Å². The van der Waals surface area contributed by atoms with E-state index >= 15 is 0 Å². The van der Waals surface area contributed by atoms with E-state index in [0.29, 0.717) is 29.3 Å². The molecule has 5 aromatic rings. The molecule has 0 atom stereocenters. The van der Waals surface area contributed by atoms with Gasteiger partial charge in [-0.3, -0.25) is 9.36 Å². The fourth-order valence-electron chi connectivity index (χ4n) is 5.49. The highest BCUT2D eigenvalue weighted by molar-refractivity contribution is 5.80. The molecule has 1 saturated carbocycles. The molecule has 1 aliphatic rings. The molecule has 45 heavy (non-hydrogen) atoms. The van der Waals surface area contributed by atoms with Crippen LogP contribution in [0.1, 0.15) is 69.5 Å². The quantitative estimate of drug-likeness (QED) is 0.180. The third-order valence-corrected chi connectivity index (χ3v) is 8.09. The highest BCUT2D eigenvalue weighted by atomic mass is 16.6. The number of aliphatic hydroxyl groups is 1. The second kappa shape index (κ2) is 12.7. The molecule has 0 bridgehead atoms. The molecule has 1 fully saturated rings. The second-order valence-electron chi connectivity index (χ2n) is 12.2. The first-order valence-electron chi connectivity index (χ1n) is 15.5. The first-order chi connectivity index (χ1) is 21.8. The summed E-state index contributed by atoms with van der Waals surface area (Å²) < 4.78 is 12.4. The molecule has 0 spiro atoms. The van der Waals surface area contributed by atoms with E-state index < -0.39 is 11.7 Å². The first kappa shape index (κ1) is 30.3. The molecule has 2 heterocycles. The fraction of sp³-hybridized carbons (Fsp3) is 0.333. The molecule has 1 N–H and O–H groups in total. The summed E-state index contributed by atoms with van der Waals surface area (Å²) in [7, 11) is 0. The maximum Gasteiger partial charge on any atom is 0.261 e. The van der Waals surface area contributed by atoms with Crippen molar-refractivity contribution >= 4 is 0 Å². The van der Waals surface area contributed by atoms with E-state index in [1.54, 1.807) is 0 Å². The van der Waals surface area contributed by atoms with Crippen LogP contribution >= 0.6 is 0 Å². The van der Waals surface area contributed by atoms with Crippen molar-refractivity contribution in [3.63, 3.8) is 0 Å². The molecule has 6 rings (SSSR count). The van der Waals surface area contributed by atoms with Crippen molar-refractivity contribution in [1.29, 1.82) is 0 Å². The van der Waals surface area contributed by atoms with Gasteiger partial charge in [-0.05, 0) is 67.5 Å². The van der Waals surface area contributed by atoms with Crippen molar-refractivity contribution < 1.29 is 19.5 Å². The van der Waals surface area contributed by atoms with E-state index in [0.717, 1.165) is 65.9 Å². The number of aromatic nitrogens is 4. The molecule has 0 unspecified atom stereocenters. The SMILES string of the molecule is CCCCc1nc(C2CC2)c(-c2ccc(OC(C)(C)CO)cc2)c(=O)n1Cc1ccc(-c2ccccc2-c2noc([O-])n2)cc1. The number of rotatable bonds is 12. The van der Waals surface area contributed by atoms with Gasteiger partial charge >= 0.3 is 0 Å². The highest BCUT2D eigenvalue weighted by Gasteiger charge is 2.31. The van der Waals surface area contributed by atoms with Crippen LogP contribution in [0.4, 0.5) is 0 Å². The molecule has 9 heteroatoms. The molecule has 0 aliphatic heterocycles. The van der Waals surface area contributed by atoms with Gasteiger partial charge in [-0.2, -0.15) is 5.16 Å².